The minimum atomic E-state index is 0.236. The van der Waals surface area contributed by atoms with E-state index >= 15 is 0 Å². The first-order valence-corrected chi connectivity index (χ1v) is 4.14. The average molecular weight is 158 g/mol. The van der Waals surface area contributed by atoms with Gasteiger partial charge >= 0.3 is 0 Å². The number of Topliss-reactive ketones (excluding diaryl/α,β-unsaturated/α-hetero) is 1. The van der Waals surface area contributed by atoms with Crippen LogP contribution in [0.5, 0.6) is 0 Å². The number of carbonyl (C=O) groups is 1. The Labute approximate surface area is 71.7 Å². The maximum atomic E-state index is 11.5. The quantitative estimate of drug-likeness (QED) is 0.530. The summed E-state index contributed by atoms with van der Waals surface area (Å²) in [6.45, 7) is 0. The maximum absolute atomic E-state index is 11.5. The molecule has 0 spiro atoms. The molecule has 12 heavy (non-hydrogen) atoms. The van der Waals surface area contributed by atoms with Gasteiger partial charge in [-0.15, -0.1) is 0 Å². The van der Waals surface area contributed by atoms with E-state index in [1.54, 1.807) is 0 Å². The topological polar surface area (TPSA) is 17.1 Å². The Bertz CT molecular complexity index is 337. The van der Waals surface area contributed by atoms with Gasteiger partial charge in [-0.3, -0.25) is 4.79 Å². The highest BCUT2D eigenvalue weighted by atomic mass is 16.1. The van der Waals surface area contributed by atoms with Crippen LogP contribution in [0.15, 0.2) is 36.4 Å². The molecule has 1 aliphatic carbocycles. The first-order chi connectivity index (χ1) is 5.88. The van der Waals surface area contributed by atoms with Crippen LogP contribution in [0.2, 0.25) is 0 Å². The Hall–Kier alpha value is -1.37. The van der Waals surface area contributed by atoms with Crippen molar-refractivity contribution in [3.05, 3.63) is 47.5 Å². The van der Waals surface area contributed by atoms with Crippen molar-refractivity contribution in [2.24, 2.45) is 0 Å². The van der Waals surface area contributed by atoms with E-state index in [4.69, 9.17) is 0 Å². The minimum absolute atomic E-state index is 0.236. The number of allylic oxidation sites excluding steroid dienone is 2. The van der Waals surface area contributed by atoms with Gasteiger partial charge in [0.1, 0.15) is 0 Å². The summed E-state index contributed by atoms with van der Waals surface area (Å²) in [5.41, 5.74) is 2.04. The lowest BCUT2D eigenvalue weighted by Crippen LogP contribution is -1.99. The SMILES string of the molecule is O=C1CC=CCc2ccccc21. The lowest BCUT2D eigenvalue weighted by atomic mass is 10.0. The van der Waals surface area contributed by atoms with Gasteiger partial charge in [0.15, 0.2) is 5.78 Å². The molecular formula is C11H10O. The molecule has 2 rings (SSSR count). The average Bonchev–Trinajstić information content (AvgIpc) is 2.29. The number of benzene rings is 1. The van der Waals surface area contributed by atoms with Crippen molar-refractivity contribution in [1.29, 1.82) is 0 Å². The Morgan fingerprint density at radius 2 is 1.75 bits per heavy atom. The van der Waals surface area contributed by atoms with Crippen molar-refractivity contribution in [3.8, 4) is 0 Å². The fraction of sp³-hybridized carbons (Fsp3) is 0.182. The maximum Gasteiger partial charge on any atom is 0.166 e. The van der Waals surface area contributed by atoms with E-state index in [1.807, 2.05) is 30.3 Å². The number of rotatable bonds is 0. The molecule has 0 atom stereocenters. The van der Waals surface area contributed by atoms with Gasteiger partial charge in [-0.05, 0) is 12.0 Å². The van der Waals surface area contributed by atoms with Crippen LogP contribution in [-0.4, -0.2) is 5.78 Å². The first-order valence-electron chi connectivity index (χ1n) is 4.14. The van der Waals surface area contributed by atoms with Gasteiger partial charge < -0.3 is 0 Å². The molecular weight excluding hydrogens is 148 g/mol. The van der Waals surface area contributed by atoms with Gasteiger partial charge in [-0.1, -0.05) is 36.4 Å². The summed E-state index contributed by atoms with van der Waals surface area (Å²) in [6, 6.07) is 7.82. The molecule has 60 valence electrons. The number of carbonyl (C=O) groups excluding carboxylic acids is 1. The van der Waals surface area contributed by atoms with Crippen LogP contribution in [0.1, 0.15) is 22.3 Å². The first kappa shape index (κ1) is 7.29. The van der Waals surface area contributed by atoms with E-state index in [9.17, 15) is 4.79 Å². The monoisotopic (exact) mass is 158 g/mol. The molecule has 1 aromatic rings. The fourth-order valence-electron chi connectivity index (χ4n) is 1.48. The normalized spacial score (nSPS) is 15.5. The molecule has 0 aliphatic heterocycles. The van der Waals surface area contributed by atoms with Crippen LogP contribution in [0.25, 0.3) is 0 Å². The smallest absolute Gasteiger partial charge is 0.166 e. The molecule has 0 unspecified atom stereocenters. The highest BCUT2D eigenvalue weighted by Crippen LogP contribution is 2.15. The van der Waals surface area contributed by atoms with E-state index in [-0.39, 0.29) is 5.78 Å². The van der Waals surface area contributed by atoms with Gasteiger partial charge in [0, 0.05) is 12.0 Å². The van der Waals surface area contributed by atoms with Gasteiger partial charge in [0.05, 0.1) is 0 Å². The van der Waals surface area contributed by atoms with Crippen molar-refractivity contribution < 1.29 is 4.79 Å². The number of hydrogen-bond donors (Lipinski definition) is 0. The number of hydrogen-bond acceptors (Lipinski definition) is 1. The standard InChI is InChI=1S/C11H10O/c12-11-8-4-2-6-9-5-1-3-7-10(9)11/h1-5,7H,6,8H2. The second-order valence-corrected chi connectivity index (χ2v) is 2.96. The van der Waals surface area contributed by atoms with Crippen LogP contribution in [0.4, 0.5) is 0 Å². The molecule has 1 aromatic carbocycles. The second-order valence-electron chi connectivity index (χ2n) is 2.96. The summed E-state index contributed by atoms with van der Waals surface area (Å²) in [6.07, 6.45) is 5.45. The van der Waals surface area contributed by atoms with Gasteiger partial charge in [-0.2, -0.15) is 0 Å². The van der Waals surface area contributed by atoms with Crippen molar-refractivity contribution in [2.75, 3.05) is 0 Å². The third kappa shape index (κ3) is 1.18. The Morgan fingerprint density at radius 3 is 2.67 bits per heavy atom. The van der Waals surface area contributed by atoms with Crippen LogP contribution in [-0.2, 0) is 6.42 Å². The van der Waals surface area contributed by atoms with Crippen LogP contribution in [0, 0.1) is 0 Å². The summed E-state index contributed by atoms with van der Waals surface area (Å²) in [5.74, 6) is 0.236. The summed E-state index contributed by atoms with van der Waals surface area (Å²) in [4.78, 5) is 11.5. The van der Waals surface area contributed by atoms with E-state index < -0.39 is 0 Å². The van der Waals surface area contributed by atoms with Crippen LogP contribution < -0.4 is 0 Å². The predicted molar refractivity (Wildman–Crippen MR) is 48.2 cm³/mol. The minimum Gasteiger partial charge on any atom is -0.294 e. The summed E-state index contributed by atoms with van der Waals surface area (Å²) in [5, 5.41) is 0. The molecule has 0 bridgehead atoms. The lowest BCUT2D eigenvalue weighted by molar-refractivity contribution is 0.0996. The van der Waals surface area contributed by atoms with Gasteiger partial charge in [0.2, 0.25) is 0 Å². The highest BCUT2D eigenvalue weighted by molar-refractivity contribution is 5.98. The summed E-state index contributed by atoms with van der Waals surface area (Å²) in [7, 11) is 0. The summed E-state index contributed by atoms with van der Waals surface area (Å²) < 4.78 is 0. The second kappa shape index (κ2) is 2.94. The molecule has 0 saturated carbocycles. The number of ketones is 1. The van der Waals surface area contributed by atoms with Gasteiger partial charge in [-0.25, -0.2) is 0 Å². The van der Waals surface area contributed by atoms with Crippen molar-refractivity contribution in [3.63, 3.8) is 0 Å². The Morgan fingerprint density at radius 1 is 1.00 bits per heavy atom. The Balaban J connectivity index is 2.52. The zero-order valence-corrected chi connectivity index (χ0v) is 6.79. The third-order valence-corrected chi connectivity index (χ3v) is 2.13. The molecule has 0 amide bonds. The zero-order chi connectivity index (χ0) is 8.39. The molecule has 0 aromatic heterocycles. The molecule has 0 heterocycles. The molecule has 1 heteroatoms. The van der Waals surface area contributed by atoms with Crippen molar-refractivity contribution in [1.82, 2.24) is 0 Å². The molecule has 1 aliphatic rings. The predicted octanol–water partition coefficient (Wildman–Crippen LogP) is 2.37. The molecule has 0 N–H and O–H groups in total. The van der Waals surface area contributed by atoms with E-state index in [2.05, 4.69) is 6.08 Å². The summed E-state index contributed by atoms with van der Waals surface area (Å²) >= 11 is 0. The van der Waals surface area contributed by atoms with Gasteiger partial charge in [0.25, 0.3) is 0 Å². The molecule has 0 fully saturated rings. The molecule has 0 saturated heterocycles. The Kier molecular flexibility index (Phi) is 1.78. The third-order valence-electron chi connectivity index (χ3n) is 2.13. The van der Waals surface area contributed by atoms with Crippen LogP contribution in [0.3, 0.4) is 0 Å². The van der Waals surface area contributed by atoms with Crippen molar-refractivity contribution >= 4 is 5.78 Å². The molecule has 1 nitrogen and oxygen atoms in total. The molecule has 0 radical (unpaired) electrons. The zero-order valence-electron chi connectivity index (χ0n) is 6.79. The number of fused-ring (bicyclic) bond motifs is 1. The highest BCUT2D eigenvalue weighted by Gasteiger charge is 2.10. The van der Waals surface area contributed by atoms with E-state index in [1.165, 1.54) is 0 Å². The van der Waals surface area contributed by atoms with Crippen molar-refractivity contribution in [2.45, 2.75) is 12.8 Å². The lowest BCUT2D eigenvalue weighted by Gasteiger charge is -2.01. The fourth-order valence-corrected chi connectivity index (χ4v) is 1.48. The van der Waals surface area contributed by atoms with Crippen LogP contribution >= 0.6 is 0 Å². The van der Waals surface area contributed by atoms with E-state index in [0.29, 0.717) is 6.42 Å². The largest absolute Gasteiger partial charge is 0.294 e. The van der Waals surface area contributed by atoms with E-state index in [0.717, 1.165) is 17.5 Å².